The monoisotopic (exact) mass is 684 g/mol. The molecule has 0 unspecified atom stereocenters. The smallest absolute Gasteiger partial charge is 0.243 e. The fourth-order valence-electron chi connectivity index (χ4n) is 5.84. The summed E-state index contributed by atoms with van der Waals surface area (Å²) in [6.45, 7) is 11.8. The van der Waals surface area contributed by atoms with Crippen molar-refractivity contribution in [2.45, 2.75) is 83.9 Å². The Labute approximate surface area is 284 Å². The van der Waals surface area contributed by atoms with E-state index in [9.17, 15) is 24.6 Å². The van der Waals surface area contributed by atoms with Crippen molar-refractivity contribution >= 4 is 40.6 Å². The van der Waals surface area contributed by atoms with Crippen LogP contribution >= 0.6 is 22.7 Å². The third-order valence-corrected chi connectivity index (χ3v) is 9.56. The highest BCUT2D eigenvalue weighted by Crippen LogP contribution is 2.21. The van der Waals surface area contributed by atoms with Gasteiger partial charge in [0.1, 0.15) is 18.2 Å². The van der Waals surface area contributed by atoms with E-state index in [4.69, 9.17) is 0 Å². The molecule has 4 rings (SSSR count). The predicted octanol–water partition coefficient (Wildman–Crippen LogP) is 1.96. The molecule has 3 amide bonds. The van der Waals surface area contributed by atoms with Crippen molar-refractivity contribution in [1.82, 2.24) is 35.3 Å². The van der Waals surface area contributed by atoms with E-state index in [1.807, 2.05) is 62.2 Å². The molecular formula is C33H46N7O5S2-. The molecule has 4 atom stereocenters. The summed E-state index contributed by atoms with van der Waals surface area (Å²) >= 11 is 2.87. The highest BCUT2D eigenvalue weighted by molar-refractivity contribution is 7.09. The normalized spacial score (nSPS) is 18.0. The molecule has 12 nitrogen and oxygen atoms in total. The molecule has 47 heavy (non-hydrogen) atoms. The number of rotatable bonds is 14. The molecule has 256 valence electrons. The van der Waals surface area contributed by atoms with Gasteiger partial charge in [0.2, 0.25) is 11.8 Å². The Balaban J connectivity index is 1.55. The van der Waals surface area contributed by atoms with Gasteiger partial charge in [-0.1, -0.05) is 44.2 Å². The molecule has 14 heteroatoms. The number of hydrogen-bond donors (Lipinski definition) is 3. The van der Waals surface area contributed by atoms with Crippen LogP contribution < -0.4 is 15.7 Å². The minimum absolute atomic E-state index is 0.0362. The van der Waals surface area contributed by atoms with E-state index in [1.54, 1.807) is 42.4 Å². The fraction of sp³-hybridized carbons (Fsp3) is 0.545. The first kappa shape index (κ1) is 36.4. The number of aliphatic hydroxyl groups excluding tert-OH is 1. The summed E-state index contributed by atoms with van der Waals surface area (Å²) in [6, 6.07) is 7.15. The number of carbonyl (C=O) groups excluding carboxylic acids is 3. The van der Waals surface area contributed by atoms with E-state index in [0.29, 0.717) is 37.5 Å². The molecule has 1 aliphatic heterocycles. The SMILES string of the molecule is CC(C)[C@@H](C(=O)N[C@@H](Cc1ccccc1)[C@H](O)CN1CCN(Cc2cncs2)C[C@H]1C(=O)NC(C)(C)C)N(Cc1cncs1)C(=O)[O-]. The van der Waals surface area contributed by atoms with Gasteiger partial charge >= 0.3 is 0 Å². The van der Waals surface area contributed by atoms with Gasteiger partial charge in [-0.15, -0.1) is 22.7 Å². The standard InChI is InChI=1S/C33H47N7O5S2/c1-22(2)29(40(32(44)45)17-25-15-35-21-47-25)31(43)36-26(13-23-9-7-6-8-10-23)28(41)19-39-12-11-38(16-24-14-34-20-46-24)18-27(39)30(42)37-33(3,4)5/h6-10,14-15,20-22,26-29,41H,11-13,16-19H2,1-5H3,(H,36,43)(H,37,42)(H,44,45)/p-1/t26-,27-,28+,29-/m0/s1. The van der Waals surface area contributed by atoms with Gasteiger partial charge in [-0.05, 0) is 38.7 Å². The summed E-state index contributed by atoms with van der Waals surface area (Å²) in [5.41, 5.74) is 3.85. The number of benzene rings is 1. The number of nitrogens with one attached hydrogen (secondary N) is 2. The van der Waals surface area contributed by atoms with E-state index in [2.05, 4.69) is 25.5 Å². The van der Waals surface area contributed by atoms with E-state index < -0.39 is 41.8 Å². The van der Waals surface area contributed by atoms with Crippen LogP contribution in [0.5, 0.6) is 0 Å². The molecule has 0 saturated carbocycles. The maximum Gasteiger partial charge on any atom is 0.243 e. The number of amides is 3. The van der Waals surface area contributed by atoms with Crippen LogP contribution in [0.15, 0.2) is 53.7 Å². The van der Waals surface area contributed by atoms with Gasteiger partial charge in [0.15, 0.2) is 0 Å². The minimum Gasteiger partial charge on any atom is -0.530 e. The second-order valence-electron chi connectivity index (χ2n) is 13.4. The Hall–Kier alpha value is -3.43. The van der Waals surface area contributed by atoms with Gasteiger partial charge < -0.3 is 30.5 Å². The Kier molecular flexibility index (Phi) is 12.9. The van der Waals surface area contributed by atoms with E-state index in [1.165, 1.54) is 11.3 Å². The highest BCUT2D eigenvalue weighted by Gasteiger charge is 2.38. The van der Waals surface area contributed by atoms with Crippen LogP contribution in [0, 0.1) is 5.92 Å². The molecule has 0 radical (unpaired) electrons. The molecule has 1 aromatic carbocycles. The number of thiazole rings is 2. The van der Waals surface area contributed by atoms with Crippen molar-refractivity contribution < 1.29 is 24.6 Å². The van der Waals surface area contributed by atoms with Crippen molar-refractivity contribution in [3.8, 4) is 0 Å². The van der Waals surface area contributed by atoms with Gasteiger partial charge in [0.25, 0.3) is 0 Å². The molecule has 1 saturated heterocycles. The number of aliphatic hydroxyl groups is 1. The number of β-amino-alcohol motifs (C(OH)–C–C–N with tert-alkyl or cyclic N) is 1. The van der Waals surface area contributed by atoms with E-state index in [-0.39, 0.29) is 24.9 Å². The Morgan fingerprint density at radius 1 is 1.06 bits per heavy atom. The highest BCUT2D eigenvalue weighted by atomic mass is 32.1. The van der Waals surface area contributed by atoms with Crippen LogP contribution in [0.4, 0.5) is 4.79 Å². The van der Waals surface area contributed by atoms with Crippen molar-refractivity contribution in [1.29, 1.82) is 0 Å². The van der Waals surface area contributed by atoms with Crippen LogP contribution in [0.3, 0.4) is 0 Å². The molecule has 3 N–H and O–H groups in total. The second-order valence-corrected chi connectivity index (χ2v) is 15.3. The minimum atomic E-state index is -1.46. The summed E-state index contributed by atoms with van der Waals surface area (Å²) < 4.78 is 0. The third kappa shape index (κ3) is 10.8. The predicted molar refractivity (Wildman–Crippen MR) is 180 cm³/mol. The summed E-state index contributed by atoms with van der Waals surface area (Å²) in [4.78, 5) is 55.1. The maximum atomic E-state index is 13.9. The van der Waals surface area contributed by atoms with Crippen LogP contribution in [0.25, 0.3) is 0 Å². The number of carbonyl (C=O) groups is 3. The maximum absolute atomic E-state index is 13.9. The van der Waals surface area contributed by atoms with Crippen LogP contribution in [-0.2, 0) is 29.1 Å². The van der Waals surface area contributed by atoms with Gasteiger partial charge in [-0.3, -0.25) is 29.4 Å². The van der Waals surface area contributed by atoms with Crippen LogP contribution in [-0.4, -0.2) is 104 Å². The zero-order valence-electron chi connectivity index (χ0n) is 27.7. The quantitative estimate of drug-likeness (QED) is 0.231. The van der Waals surface area contributed by atoms with Gasteiger partial charge in [0, 0.05) is 60.4 Å². The van der Waals surface area contributed by atoms with Gasteiger partial charge in [-0.25, -0.2) is 0 Å². The molecule has 1 fully saturated rings. The molecule has 0 bridgehead atoms. The number of piperazine rings is 1. The average molecular weight is 685 g/mol. The Bertz CT molecular complexity index is 1420. The van der Waals surface area contributed by atoms with Crippen LogP contribution in [0.2, 0.25) is 0 Å². The first-order chi connectivity index (χ1) is 22.3. The van der Waals surface area contributed by atoms with Crippen molar-refractivity contribution in [2.24, 2.45) is 5.92 Å². The lowest BCUT2D eigenvalue weighted by Gasteiger charge is -2.43. The molecular weight excluding hydrogens is 639 g/mol. The number of nitrogens with zero attached hydrogens (tertiary/aromatic N) is 5. The second kappa shape index (κ2) is 16.6. The topological polar surface area (TPSA) is 154 Å². The molecule has 1 aliphatic rings. The zero-order chi connectivity index (χ0) is 34.1. The van der Waals surface area contributed by atoms with Crippen molar-refractivity contribution in [2.75, 3.05) is 26.2 Å². The lowest BCUT2D eigenvalue weighted by atomic mass is 9.97. The molecule has 3 heterocycles. The number of carboxylic acid groups (broad SMARTS) is 1. The zero-order valence-corrected chi connectivity index (χ0v) is 29.3. The summed E-state index contributed by atoms with van der Waals surface area (Å²) in [7, 11) is 0. The van der Waals surface area contributed by atoms with Crippen molar-refractivity contribution in [3.05, 3.63) is 69.1 Å². The molecule has 0 spiro atoms. The van der Waals surface area contributed by atoms with Crippen molar-refractivity contribution in [3.63, 3.8) is 0 Å². The number of aromatic nitrogens is 2. The Morgan fingerprint density at radius 2 is 1.72 bits per heavy atom. The lowest BCUT2D eigenvalue weighted by Crippen LogP contribution is -2.63. The number of hydrogen-bond acceptors (Lipinski definition) is 11. The van der Waals surface area contributed by atoms with E-state index >= 15 is 0 Å². The van der Waals surface area contributed by atoms with E-state index in [0.717, 1.165) is 15.3 Å². The first-order valence-corrected chi connectivity index (χ1v) is 17.6. The molecule has 2 aromatic heterocycles. The molecule has 3 aromatic rings. The fourth-order valence-corrected chi connectivity index (χ4v) is 7.07. The lowest BCUT2D eigenvalue weighted by molar-refractivity contribution is -0.269. The van der Waals surface area contributed by atoms with Gasteiger partial charge in [-0.2, -0.15) is 0 Å². The summed E-state index contributed by atoms with van der Waals surface area (Å²) in [6.07, 6.45) is 1.19. The largest absolute Gasteiger partial charge is 0.530 e. The molecule has 0 aliphatic carbocycles. The van der Waals surface area contributed by atoms with Gasteiger partial charge in [0.05, 0.1) is 29.7 Å². The summed E-state index contributed by atoms with van der Waals surface area (Å²) in [5.74, 6) is -1.03. The van der Waals surface area contributed by atoms with Crippen LogP contribution in [0.1, 0.15) is 49.9 Å². The first-order valence-electron chi connectivity index (χ1n) is 15.8. The Morgan fingerprint density at radius 3 is 2.30 bits per heavy atom. The summed E-state index contributed by atoms with van der Waals surface area (Å²) in [5, 5.41) is 30.2. The third-order valence-electron chi connectivity index (χ3n) is 8.03. The average Bonchev–Trinajstić information content (AvgIpc) is 3.71.